The van der Waals surface area contributed by atoms with E-state index in [0.29, 0.717) is 10.6 Å². The minimum absolute atomic E-state index is 0.0449. The summed E-state index contributed by atoms with van der Waals surface area (Å²) in [6.07, 6.45) is -0.926. The first-order valence-electron chi connectivity index (χ1n) is 5.34. The van der Waals surface area contributed by atoms with E-state index in [1.165, 1.54) is 19.1 Å². The van der Waals surface area contributed by atoms with Crippen LogP contribution in [0.4, 0.5) is 0 Å². The summed E-state index contributed by atoms with van der Waals surface area (Å²) in [6.45, 7) is 1.21. The minimum atomic E-state index is -0.926. The Morgan fingerprint density at radius 3 is 2.56 bits per heavy atom. The van der Waals surface area contributed by atoms with Crippen LogP contribution in [-0.2, 0) is 9.53 Å². The van der Waals surface area contributed by atoms with Gasteiger partial charge in [-0.2, -0.15) is 0 Å². The molecule has 0 aliphatic carbocycles. The number of hydrogen-bond acceptors (Lipinski definition) is 4. The lowest BCUT2D eigenvalue weighted by atomic mass is 10.2. The van der Waals surface area contributed by atoms with Gasteiger partial charge in [-0.25, -0.2) is 4.79 Å². The van der Waals surface area contributed by atoms with E-state index in [-0.39, 0.29) is 19.1 Å². The van der Waals surface area contributed by atoms with E-state index in [9.17, 15) is 14.7 Å². The Balaban J connectivity index is 2.36. The van der Waals surface area contributed by atoms with Gasteiger partial charge in [0.05, 0.1) is 5.56 Å². The first-order chi connectivity index (χ1) is 8.49. The van der Waals surface area contributed by atoms with Crippen LogP contribution in [0.3, 0.4) is 0 Å². The van der Waals surface area contributed by atoms with Crippen molar-refractivity contribution in [2.45, 2.75) is 13.0 Å². The third-order valence-corrected chi connectivity index (χ3v) is 2.33. The third kappa shape index (κ3) is 5.16. The molecule has 0 aliphatic heterocycles. The second-order valence-electron chi connectivity index (χ2n) is 3.70. The van der Waals surface area contributed by atoms with Crippen molar-refractivity contribution < 1.29 is 19.4 Å². The number of amides is 1. The molecule has 0 aliphatic rings. The molecule has 0 saturated carbocycles. The fourth-order valence-corrected chi connectivity index (χ4v) is 1.29. The molecule has 0 aromatic heterocycles. The minimum Gasteiger partial charge on any atom is -0.459 e. The zero-order valence-corrected chi connectivity index (χ0v) is 10.6. The maximum atomic E-state index is 11.5. The number of esters is 1. The lowest BCUT2D eigenvalue weighted by Gasteiger charge is -2.11. The molecule has 1 atom stereocenters. The van der Waals surface area contributed by atoms with Crippen LogP contribution in [0.1, 0.15) is 17.3 Å². The predicted octanol–water partition coefficient (Wildman–Crippen LogP) is 0.994. The van der Waals surface area contributed by atoms with Crippen LogP contribution in [-0.4, -0.2) is 36.2 Å². The first-order valence-corrected chi connectivity index (χ1v) is 5.72. The average molecular weight is 272 g/mol. The number of nitrogens with one attached hydrogen (secondary N) is 1. The Hall–Kier alpha value is -1.59. The molecule has 2 N–H and O–H groups in total. The molecule has 0 spiro atoms. The molecule has 0 fully saturated rings. The molecule has 18 heavy (non-hydrogen) atoms. The van der Waals surface area contributed by atoms with Gasteiger partial charge in [0.15, 0.2) is 0 Å². The van der Waals surface area contributed by atoms with Crippen molar-refractivity contribution in [3.63, 3.8) is 0 Å². The van der Waals surface area contributed by atoms with E-state index in [2.05, 4.69) is 5.32 Å². The Kier molecular flexibility index (Phi) is 5.61. The normalized spacial score (nSPS) is 11.7. The second kappa shape index (κ2) is 6.98. The fraction of sp³-hybridized carbons (Fsp3) is 0.333. The number of rotatable bonds is 5. The van der Waals surface area contributed by atoms with Crippen LogP contribution in [0, 0.1) is 0 Å². The zero-order valence-electron chi connectivity index (χ0n) is 9.85. The lowest BCUT2D eigenvalue weighted by molar-refractivity contribution is -0.119. The van der Waals surface area contributed by atoms with Crippen LogP contribution in [0.25, 0.3) is 0 Å². The summed E-state index contributed by atoms with van der Waals surface area (Å²) in [5.41, 5.74) is 0.353. The quantitative estimate of drug-likeness (QED) is 0.783. The van der Waals surface area contributed by atoms with E-state index in [1.54, 1.807) is 12.1 Å². The molecule has 1 aromatic rings. The number of benzene rings is 1. The van der Waals surface area contributed by atoms with Gasteiger partial charge in [0.1, 0.15) is 12.7 Å². The zero-order chi connectivity index (χ0) is 13.5. The van der Waals surface area contributed by atoms with Crippen molar-refractivity contribution in [1.82, 2.24) is 5.32 Å². The van der Waals surface area contributed by atoms with E-state index in [1.807, 2.05) is 0 Å². The molecular weight excluding hydrogens is 258 g/mol. The summed E-state index contributed by atoms with van der Waals surface area (Å²) in [7, 11) is 0. The average Bonchev–Trinajstić information content (AvgIpc) is 2.34. The summed E-state index contributed by atoms with van der Waals surface area (Å²) < 4.78 is 4.88. The summed E-state index contributed by atoms with van der Waals surface area (Å²) in [5, 5.41) is 12.4. The molecule has 1 rings (SSSR count). The van der Waals surface area contributed by atoms with Gasteiger partial charge >= 0.3 is 5.97 Å². The number of carbonyl (C=O) groups excluding carboxylic acids is 2. The largest absolute Gasteiger partial charge is 0.459 e. The van der Waals surface area contributed by atoms with Gasteiger partial charge in [-0.05, 0) is 24.3 Å². The van der Waals surface area contributed by atoms with Gasteiger partial charge in [0, 0.05) is 18.5 Å². The summed E-state index contributed by atoms with van der Waals surface area (Å²) in [6, 6.07) is 6.22. The van der Waals surface area contributed by atoms with E-state index in [4.69, 9.17) is 16.3 Å². The van der Waals surface area contributed by atoms with Crippen molar-refractivity contribution in [3.05, 3.63) is 34.9 Å². The predicted molar refractivity (Wildman–Crippen MR) is 66.4 cm³/mol. The maximum Gasteiger partial charge on any atom is 0.338 e. The molecule has 0 heterocycles. The van der Waals surface area contributed by atoms with Gasteiger partial charge in [-0.15, -0.1) is 0 Å². The number of ether oxygens (including phenoxy) is 1. The van der Waals surface area contributed by atoms with Gasteiger partial charge in [-0.1, -0.05) is 11.6 Å². The summed E-state index contributed by atoms with van der Waals surface area (Å²) in [5.74, 6) is -0.799. The monoisotopic (exact) mass is 271 g/mol. The molecule has 6 heteroatoms. The van der Waals surface area contributed by atoms with Crippen LogP contribution >= 0.6 is 11.6 Å². The molecule has 1 amide bonds. The van der Waals surface area contributed by atoms with Crippen LogP contribution in [0.5, 0.6) is 0 Å². The summed E-state index contributed by atoms with van der Waals surface area (Å²) in [4.78, 5) is 22.1. The van der Waals surface area contributed by atoms with E-state index in [0.717, 1.165) is 0 Å². The highest BCUT2D eigenvalue weighted by Crippen LogP contribution is 2.10. The standard InChI is InChI=1S/C12H14ClNO4/c1-8(15)14-6-11(16)7-18-12(17)9-2-4-10(13)5-3-9/h2-5,11,16H,6-7H2,1H3,(H,14,15). The second-order valence-corrected chi connectivity index (χ2v) is 4.13. The third-order valence-electron chi connectivity index (χ3n) is 2.07. The Morgan fingerprint density at radius 1 is 1.39 bits per heavy atom. The molecule has 0 radical (unpaired) electrons. The number of carbonyl (C=O) groups is 2. The lowest BCUT2D eigenvalue weighted by Crippen LogP contribution is -2.33. The fourth-order valence-electron chi connectivity index (χ4n) is 1.16. The summed E-state index contributed by atoms with van der Waals surface area (Å²) >= 11 is 5.68. The van der Waals surface area contributed by atoms with E-state index >= 15 is 0 Å². The topological polar surface area (TPSA) is 75.6 Å². The molecule has 1 aromatic carbocycles. The SMILES string of the molecule is CC(=O)NCC(O)COC(=O)c1ccc(Cl)cc1. The van der Waals surface area contributed by atoms with Gasteiger partial charge in [-0.3, -0.25) is 4.79 Å². The maximum absolute atomic E-state index is 11.5. The van der Waals surface area contributed by atoms with Gasteiger partial charge < -0.3 is 15.2 Å². The molecule has 0 bridgehead atoms. The van der Waals surface area contributed by atoms with Crippen LogP contribution < -0.4 is 5.32 Å². The molecular formula is C12H14ClNO4. The van der Waals surface area contributed by atoms with Crippen LogP contribution in [0.15, 0.2) is 24.3 Å². The van der Waals surface area contributed by atoms with E-state index < -0.39 is 12.1 Å². The van der Waals surface area contributed by atoms with Crippen molar-refractivity contribution in [3.8, 4) is 0 Å². The Bertz CT molecular complexity index is 419. The molecule has 98 valence electrons. The first kappa shape index (κ1) is 14.5. The number of aliphatic hydroxyl groups excluding tert-OH is 1. The highest BCUT2D eigenvalue weighted by Gasteiger charge is 2.11. The van der Waals surface area contributed by atoms with Crippen molar-refractivity contribution in [2.24, 2.45) is 0 Å². The highest BCUT2D eigenvalue weighted by atomic mass is 35.5. The Labute approximate surface area is 110 Å². The molecule has 1 unspecified atom stereocenters. The van der Waals surface area contributed by atoms with Crippen molar-refractivity contribution >= 4 is 23.5 Å². The molecule has 0 saturated heterocycles. The van der Waals surface area contributed by atoms with Gasteiger partial charge in [0.25, 0.3) is 0 Å². The van der Waals surface area contributed by atoms with Crippen molar-refractivity contribution in [1.29, 1.82) is 0 Å². The number of halogens is 1. The molecule has 5 nitrogen and oxygen atoms in total. The number of hydrogen-bond donors (Lipinski definition) is 2. The van der Waals surface area contributed by atoms with Gasteiger partial charge in [0.2, 0.25) is 5.91 Å². The number of aliphatic hydroxyl groups is 1. The highest BCUT2D eigenvalue weighted by molar-refractivity contribution is 6.30. The van der Waals surface area contributed by atoms with Crippen LogP contribution in [0.2, 0.25) is 5.02 Å². The smallest absolute Gasteiger partial charge is 0.338 e. The Morgan fingerprint density at radius 2 is 2.00 bits per heavy atom. The van der Waals surface area contributed by atoms with Crippen molar-refractivity contribution in [2.75, 3.05) is 13.2 Å².